The molecule has 2 N–H and O–H groups in total. The molecule has 1 aromatic carbocycles. The molecule has 0 bridgehead atoms. The molecule has 1 aromatic rings. The van der Waals surface area contributed by atoms with E-state index in [1.807, 2.05) is 0 Å². The molecular weight excluding hydrogens is 343 g/mol. The number of hydrogen-bond acceptors (Lipinski definition) is 3. The first-order chi connectivity index (χ1) is 9.17. The van der Waals surface area contributed by atoms with Gasteiger partial charge in [-0.1, -0.05) is 0 Å². The van der Waals surface area contributed by atoms with E-state index >= 15 is 0 Å². The molecule has 0 heterocycles. The predicted octanol–water partition coefficient (Wildman–Crippen LogP) is 4.01. The smallest absolute Gasteiger partial charge is 0.481 e. The maximum absolute atomic E-state index is 12.1. The molecule has 0 radical (unpaired) electrons. The normalized spacial score (nSPS) is 12.8. The Morgan fingerprint density at radius 2 is 2.15 bits per heavy atom. The second-order valence-electron chi connectivity index (χ2n) is 4.17. The summed E-state index contributed by atoms with van der Waals surface area (Å²) < 4.78 is 40.3. The number of ether oxygens (including phenoxy) is 1. The van der Waals surface area contributed by atoms with Gasteiger partial charge in [-0.15, -0.1) is 13.2 Å². The van der Waals surface area contributed by atoms with Crippen LogP contribution in [0, 0.1) is 0 Å². The molecule has 0 fully saturated rings. The van der Waals surface area contributed by atoms with E-state index < -0.39 is 12.3 Å². The number of carbonyl (C=O) groups is 1. The molecule has 0 aromatic heterocycles. The van der Waals surface area contributed by atoms with Crippen molar-refractivity contribution in [3.63, 3.8) is 0 Å². The van der Waals surface area contributed by atoms with Crippen LogP contribution in [0.3, 0.4) is 0 Å². The summed E-state index contributed by atoms with van der Waals surface area (Å²) in [6.45, 7) is 1.79. The van der Waals surface area contributed by atoms with Gasteiger partial charge in [0.15, 0.2) is 0 Å². The molecule has 20 heavy (non-hydrogen) atoms. The van der Waals surface area contributed by atoms with Crippen LogP contribution in [0.5, 0.6) is 5.75 Å². The Morgan fingerprint density at radius 3 is 2.65 bits per heavy atom. The molecule has 0 saturated carbocycles. The Hall–Kier alpha value is -1.44. The van der Waals surface area contributed by atoms with Crippen molar-refractivity contribution in [2.75, 3.05) is 5.32 Å². The number of aliphatic carboxylic acids is 1. The maximum Gasteiger partial charge on any atom is 0.573 e. The van der Waals surface area contributed by atoms with E-state index in [-0.39, 0.29) is 22.7 Å². The Morgan fingerprint density at radius 1 is 1.50 bits per heavy atom. The topological polar surface area (TPSA) is 58.6 Å². The van der Waals surface area contributed by atoms with Crippen molar-refractivity contribution < 1.29 is 27.8 Å². The van der Waals surface area contributed by atoms with Gasteiger partial charge < -0.3 is 15.2 Å². The van der Waals surface area contributed by atoms with Gasteiger partial charge in [-0.3, -0.25) is 4.79 Å². The maximum atomic E-state index is 12.1. The number of carboxylic acid groups (broad SMARTS) is 1. The number of benzene rings is 1. The third-order valence-electron chi connectivity index (χ3n) is 2.36. The van der Waals surface area contributed by atoms with Gasteiger partial charge in [0, 0.05) is 18.2 Å². The average Bonchev–Trinajstić information content (AvgIpc) is 2.28. The van der Waals surface area contributed by atoms with Crippen LogP contribution in [0.2, 0.25) is 0 Å². The number of hydrogen-bond donors (Lipinski definition) is 2. The highest BCUT2D eigenvalue weighted by molar-refractivity contribution is 9.10. The van der Waals surface area contributed by atoms with Gasteiger partial charge in [-0.05, 0) is 47.5 Å². The standard InChI is InChI=1S/C12H13BrF3NO3/c1-7(2-5-11(18)19)17-8-3-4-10(9(13)6-8)20-12(14,15)16/h3-4,6-7,17H,2,5H2,1H3,(H,18,19). The molecule has 0 aliphatic carbocycles. The second-order valence-corrected chi connectivity index (χ2v) is 5.03. The Kier molecular flexibility index (Phi) is 5.67. The Labute approximate surface area is 122 Å². The Bertz CT molecular complexity index is 480. The fraction of sp³-hybridized carbons (Fsp3) is 0.417. The van der Waals surface area contributed by atoms with Gasteiger partial charge in [0.1, 0.15) is 5.75 Å². The molecule has 1 rings (SSSR count). The summed E-state index contributed by atoms with van der Waals surface area (Å²) in [5.41, 5.74) is 0.573. The molecule has 1 atom stereocenters. The number of carboxylic acids is 1. The molecular formula is C12H13BrF3NO3. The fourth-order valence-electron chi connectivity index (χ4n) is 1.49. The molecule has 0 saturated heterocycles. The van der Waals surface area contributed by atoms with Crippen LogP contribution in [0.1, 0.15) is 19.8 Å². The predicted molar refractivity (Wildman–Crippen MR) is 70.8 cm³/mol. The van der Waals surface area contributed by atoms with Crippen molar-refractivity contribution in [1.29, 1.82) is 0 Å². The van der Waals surface area contributed by atoms with Gasteiger partial charge in [-0.2, -0.15) is 0 Å². The van der Waals surface area contributed by atoms with Crippen LogP contribution in [0.25, 0.3) is 0 Å². The van der Waals surface area contributed by atoms with E-state index in [0.29, 0.717) is 12.1 Å². The molecule has 0 aliphatic rings. The highest BCUT2D eigenvalue weighted by Gasteiger charge is 2.31. The zero-order valence-corrected chi connectivity index (χ0v) is 12.1. The minimum atomic E-state index is -4.74. The Balaban J connectivity index is 2.65. The van der Waals surface area contributed by atoms with Crippen LogP contribution >= 0.6 is 15.9 Å². The van der Waals surface area contributed by atoms with Gasteiger partial charge in [0.2, 0.25) is 0 Å². The minimum Gasteiger partial charge on any atom is -0.481 e. The van der Waals surface area contributed by atoms with E-state index in [0.717, 1.165) is 0 Å². The minimum absolute atomic E-state index is 0.0185. The molecule has 1 unspecified atom stereocenters. The van der Waals surface area contributed by atoms with Crippen LogP contribution in [-0.2, 0) is 4.79 Å². The largest absolute Gasteiger partial charge is 0.573 e. The number of alkyl halides is 3. The van der Waals surface area contributed by atoms with Crippen molar-refractivity contribution in [3.8, 4) is 5.75 Å². The monoisotopic (exact) mass is 355 g/mol. The zero-order valence-electron chi connectivity index (χ0n) is 10.5. The van der Waals surface area contributed by atoms with Gasteiger partial charge >= 0.3 is 12.3 Å². The van der Waals surface area contributed by atoms with Gasteiger partial charge in [-0.25, -0.2) is 0 Å². The summed E-state index contributed by atoms with van der Waals surface area (Å²) in [6, 6.07) is 3.94. The van der Waals surface area contributed by atoms with Crippen LogP contribution in [0.4, 0.5) is 18.9 Å². The summed E-state index contributed by atoms with van der Waals surface area (Å²) >= 11 is 2.99. The van der Waals surface area contributed by atoms with Gasteiger partial charge in [0.05, 0.1) is 4.47 Å². The number of rotatable bonds is 6. The molecule has 0 spiro atoms. The quantitative estimate of drug-likeness (QED) is 0.809. The molecule has 0 amide bonds. The second kappa shape index (κ2) is 6.83. The van der Waals surface area contributed by atoms with E-state index in [2.05, 4.69) is 26.0 Å². The first-order valence-corrected chi connectivity index (χ1v) is 6.50. The molecule has 0 aliphatic heterocycles. The van der Waals surface area contributed by atoms with Crippen molar-refractivity contribution in [1.82, 2.24) is 0 Å². The lowest BCUT2D eigenvalue weighted by Crippen LogP contribution is -2.18. The lowest BCUT2D eigenvalue weighted by Gasteiger charge is -2.16. The lowest BCUT2D eigenvalue weighted by atomic mass is 10.1. The average molecular weight is 356 g/mol. The van der Waals surface area contributed by atoms with Crippen LogP contribution < -0.4 is 10.1 Å². The van der Waals surface area contributed by atoms with E-state index in [1.165, 1.54) is 18.2 Å². The third-order valence-corrected chi connectivity index (χ3v) is 2.98. The van der Waals surface area contributed by atoms with Crippen molar-refractivity contribution >= 4 is 27.6 Å². The lowest BCUT2D eigenvalue weighted by molar-refractivity contribution is -0.274. The summed E-state index contributed by atoms with van der Waals surface area (Å²) in [6.07, 6.45) is -4.31. The molecule has 4 nitrogen and oxygen atoms in total. The zero-order chi connectivity index (χ0) is 15.3. The van der Waals surface area contributed by atoms with Gasteiger partial charge in [0.25, 0.3) is 0 Å². The summed E-state index contributed by atoms with van der Waals surface area (Å²) in [7, 11) is 0. The number of nitrogens with one attached hydrogen (secondary N) is 1. The summed E-state index contributed by atoms with van der Waals surface area (Å²) in [5, 5.41) is 11.6. The van der Waals surface area contributed by atoms with E-state index in [1.54, 1.807) is 6.92 Å². The fourth-order valence-corrected chi connectivity index (χ4v) is 1.95. The molecule has 8 heteroatoms. The summed E-state index contributed by atoms with van der Waals surface area (Å²) in [5.74, 6) is -1.23. The first kappa shape index (κ1) is 16.6. The van der Waals surface area contributed by atoms with E-state index in [9.17, 15) is 18.0 Å². The summed E-state index contributed by atoms with van der Waals surface area (Å²) in [4.78, 5) is 10.4. The molecule has 112 valence electrons. The van der Waals surface area contributed by atoms with Crippen LogP contribution in [0.15, 0.2) is 22.7 Å². The third kappa shape index (κ3) is 6.14. The first-order valence-electron chi connectivity index (χ1n) is 5.71. The highest BCUT2D eigenvalue weighted by Crippen LogP contribution is 2.32. The SMILES string of the molecule is CC(CCC(=O)O)Nc1ccc(OC(F)(F)F)c(Br)c1. The number of anilines is 1. The van der Waals surface area contributed by atoms with E-state index in [4.69, 9.17) is 5.11 Å². The van der Waals surface area contributed by atoms with Crippen molar-refractivity contribution in [2.24, 2.45) is 0 Å². The highest BCUT2D eigenvalue weighted by atomic mass is 79.9. The number of halogens is 4. The van der Waals surface area contributed by atoms with Crippen LogP contribution in [-0.4, -0.2) is 23.5 Å². The van der Waals surface area contributed by atoms with Crippen molar-refractivity contribution in [2.45, 2.75) is 32.2 Å². The van der Waals surface area contributed by atoms with Crippen molar-refractivity contribution in [3.05, 3.63) is 22.7 Å².